The summed E-state index contributed by atoms with van der Waals surface area (Å²) in [4.78, 5) is 192. The summed E-state index contributed by atoms with van der Waals surface area (Å²) in [6.07, 6.45) is 5.54. The van der Waals surface area contributed by atoms with Crippen LogP contribution in [-0.4, -0.2) is 264 Å². The Labute approximate surface area is 603 Å². The van der Waals surface area contributed by atoms with Gasteiger partial charge in [-0.25, -0.2) is 0 Å². The highest BCUT2D eigenvalue weighted by molar-refractivity contribution is 6.31. The lowest BCUT2D eigenvalue weighted by Crippen LogP contribution is -2.65. The topological polar surface area (TPSA) is 279 Å². The van der Waals surface area contributed by atoms with Crippen LogP contribution in [-0.2, 0) is 74.9 Å². The number of carbonyl (C=O) groups excluding carboxylic acids is 12. The second-order valence-corrected chi connectivity index (χ2v) is 31.2. The fourth-order valence-corrected chi connectivity index (χ4v) is 16.8. The summed E-state index contributed by atoms with van der Waals surface area (Å²) in [6, 6.07) is -6.34. The first-order valence-electron chi connectivity index (χ1n) is 36.9. The van der Waals surface area contributed by atoms with Gasteiger partial charge in [0.25, 0.3) is 0 Å². The number of ether oxygens (including phenoxy) is 1. The van der Waals surface area contributed by atoms with Crippen molar-refractivity contribution in [3.63, 3.8) is 0 Å². The molecule has 7 fully saturated rings. The van der Waals surface area contributed by atoms with Gasteiger partial charge in [0.15, 0.2) is 0 Å². The average molecular weight is 1460 g/mol. The van der Waals surface area contributed by atoms with E-state index >= 15 is 28.8 Å². The molecule has 1 aromatic carbocycles. The lowest BCUT2D eigenvalue weighted by molar-refractivity contribution is -0.159. The molecule has 1 aromatic rings. The molecule has 0 radical (unpaired) electrons. The number of nitrogens with one attached hydrogen (secondary N) is 3. The van der Waals surface area contributed by atoms with Crippen LogP contribution in [0.15, 0.2) is 18.2 Å². The Morgan fingerprint density at radius 2 is 1.23 bits per heavy atom. The number of rotatable bonds is 10. The van der Waals surface area contributed by atoms with Gasteiger partial charge in [0.2, 0.25) is 70.9 Å². The first-order valence-corrected chi connectivity index (χ1v) is 37.3. The largest absolute Gasteiger partial charge is 0.417 e. The van der Waals surface area contributed by atoms with Crippen molar-refractivity contribution in [1.29, 1.82) is 0 Å². The van der Waals surface area contributed by atoms with Gasteiger partial charge in [0.1, 0.15) is 47.8 Å². The molecule has 3 saturated carbocycles. The van der Waals surface area contributed by atoms with Crippen molar-refractivity contribution < 1.29 is 75.4 Å². The summed E-state index contributed by atoms with van der Waals surface area (Å²) in [7, 11) is 9.98. The molecule has 4 heterocycles. The zero-order valence-electron chi connectivity index (χ0n) is 61.6. The Morgan fingerprint density at radius 3 is 1.82 bits per heavy atom. The van der Waals surface area contributed by atoms with E-state index in [1.54, 1.807) is 18.7 Å². The van der Waals surface area contributed by atoms with Gasteiger partial charge in [0.05, 0.1) is 61.9 Å². The number of likely N-dealkylation sites (N-methyl/N-ethyl adjacent to an activating group) is 7. The summed E-state index contributed by atoms with van der Waals surface area (Å²) in [6.45, 7) is 5.98. The highest BCUT2D eigenvalue weighted by Gasteiger charge is 2.53. The van der Waals surface area contributed by atoms with Gasteiger partial charge in [-0.15, -0.1) is 0 Å². The maximum atomic E-state index is 15.9. The van der Waals surface area contributed by atoms with Gasteiger partial charge in [-0.3, -0.25) is 57.5 Å². The van der Waals surface area contributed by atoms with Crippen molar-refractivity contribution >= 4 is 82.5 Å². The second kappa shape index (κ2) is 35.1. The van der Waals surface area contributed by atoms with E-state index in [1.165, 1.54) is 79.9 Å². The number of morpholine rings is 1. The maximum absolute atomic E-state index is 15.9. The highest BCUT2D eigenvalue weighted by Crippen LogP contribution is 2.39. The first-order chi connectivity index (χ1) is 48.1. The van der Waals surface area contributed by atoms with E-state index in [4.69, 9.17) is 16.3 Å². The number of fused-ring (bicyclic) bond motifs is 3. The van der Waals surface area contributed by atoms with Crippen LogP contribution >= 0.6 is 11.6 Å². The van der Waals surface area contributed by atoms with E-state index in [2.05, 4.69) is 16.0 Å². The monoisotopic (exact) mass is 1450 g/mol. The number of alkyl halides is 3. The van der Waals surface area contributed by atoms with Crippen molar-refractivity contribution in [1.82, 2.24) is 60.0 Å². The minimum absolute atomic E-state index is 0.0169. The molecular weight excluding hydrogens is 1350 g/mol. The molecule has 7 aliphatic rings. The third-order valence-corrected chi connectivity index (χ3v) is 22.9. The number of hydrogen-bond acceptors (Lipinski definition) is 13. The number of nitrogens with zero attached hydrogens (tertiary/aromatic N) is 9. The van der Waals surface area contributed by atoms with Gasteiger partial charge < -0.3 is 64.8 Å². The van der Waals surface area contributed by atoms with Crippen LogP contribution < -0.4 is 16.0 Å². The molecule has 4 saturated heterocycles. The molecule has 9 atom stereocenters. The van der Waals surface area contributed by atoms with Gasteiger partial charge in [0, 0.05) is 55.9 Å². The van der Waals surface area contributed by atoms with Crippen LogP contribution in [0.5, 0.6) is 0 Å². The summed E-state index contributed by atoms with van der Waals surface area (Å²) >= 11 is 6.17. The Hall–Kier alpha value is -7.10. The molecule has 568 valence electrons. The van der Waals surface area contributed by atoms with Crippen LogP contribution in [0.1, 0.15) is 180 Å². The van der Waals surface area contributed by atoms with E-state index in [0.29, 0.717) is 50.5 Å². The molecule has 102 heavy (non-hydrogen) atoms. The predicted octanol–water partition coefficient (Wildman–Crippen LogP) is 5.41. The smallest absolute Gasteiger partial charge is 0.377 e. The highest BCUT2D eigenvalue weighted by atomic mass is 35.5. The molecular formula is C73H110ClF3N12O13. The van der Waals surface area contributed by atoms with Gasteiger partial charge in [-0.1, -0.05) is 110 Å². The van der Waals surface area contributed by atoms with Crippen LogP contribution in [0.4, 0.5) is 13.2 Å². The first kappa shape index (κ1) is 80.6. The minimum Gasteiger partial charge on any atom is -0.377 e. The molecule has 12 amide bonds. The number of carbonyl (C=O) groups is 12. The summed E-state index contributed by atoms with van der Waals surface area (Å²) < 4.78 is 47.6. The lowest BCUT2D eigenvalue weighted by atomic mass is 9.81. The van der Waals surface area contributed by atoms with Crippen molar-refractivity contribution in [2.75, 3.05) is 88.7 Å². The number of aryl methyl sites for hydroxylation is 1. The fraction of sp³-hybridized carbons (Fsp3) is 0.753. The molecule has 1 spiro atoms. The molecule has 4 aliphatic heterocycles. The Kier molecular flexibility index (Phi) is 27.7. The number of amides is 12. The quantitative estimate of drug-likeness (QED) is 0.265. The van der Waals surface area contributed by atoms with Crippen LogP contribution in [0, 0.1) is 23.7 Å². The van der Waals surface area contributed by atoms with Crippen LogP contribution in [0.3, 0.4) is 0 Å². The van der Waals surface area contributed by atoms with Crippen molar-refractivity contribution in [2.45, 2.75) is 241 Å². The molecule has 8 rings (SSSR count). The van der Waals surface area contributed by atoms with Gasteiger partial charge >= 0.3 is 6.18 Å². The third-order valence-electron chi connectivity index (χ3n) is 22.6. The molecule has 2 unspecified atom stereocenters. The van der Waals surface area contributed by atoms with E-state index in [9.17, 15) is 41.9 Å². The standard InChI is InChI=1S/C73H110ClF3N12O13/c1-44(2)35-55-64(94)79-62(45(3)4)69(99)83(7)40-60(92)81(5)41-61(93)85(9)56(37-46-21-14-12-15-22-46)67(97)82(6)39-58(90)78-53(31-27-47-26-30-51(52(74)36-47)73(75,76)77)66(96)88-34-20-25-54(88)65(95)80-72(32-18-19-33-72)71(101)87(11)63(48-23-16-13-17-24-48)70(100)86(10)57(38-59(91)84(55)8)68(98)89-49-28-29-50(89)43-102-42-49/h26,30,36,44-46,48-50,53-57,62-63H,12-25,27-29,31-35,37-43H2,1-11H3,(H,78,90)(H,79,94)(H,80,95)/t49?,50?,53-,54-,55-,56-,57-,62-,63-/m0/s1. The zero-order chi connectivity index (χ0) is 74.8. The zero-order valence-corrected chi connectivity index (χ0v) is 62.3. The predicted molar refractivity (Wildman–Crippen MR) is 373 cm³/mol. The van der Waals surface area contributed by atoms with Gasteiger partial charge in [-0.05, 0) is 118 Å². The van der Waals surface area contributed by atoms with E-state index in [0.717, 1.165) is 78.2 Å². The lowest BCUT2D eigenvalue weighted by Gasteiger charge is -2.44. The molecule has 2 bridgehead atoms. The Morgan fingerprint density at radius 1 is 0.627 bits per heavy atom. The Bertz CT molecular complexity index is 3220. The average Bonchev–Trinajstić information content (AvgIpc) is 1.52. The van der Waals surface area contributed by atoms with E-state index < -0.39 is 173 Å². The summed E-state index contributed by atoms with van der Waals surface area (Å²) in [5.74, 6) is -8.92. The number of halogens is 4. The van der Waals surface area contributed by atoms with Crippen molar-refractivity contribution in [2.24, 2.45) is 23.7 Å². The molecule has 29 heteroatoms. The third kappa shape index (κ3) is 19.2. The molecule has 3 N–H and O–H groups in total. The van der Waals surface area contributed by atoms with Crippen LogP contribution in [0.2, 0.25) is 5.02 Å². The van der Waals surface area contributed by atoms with E-state index in [-0.39, 0.29) is 88.6 Å². The molecule has 25 nitrogen and oxygen atoms in total. The van der Waals surface area contributed by atoms with Crippen LogP contribution in [0.25, 0.3) is 0 Å². The van der Waals surface area contributed by atoms with E-state index in [1.807, 2.05) is 13.8 Å². The fourth-order valence-electron chi connectivity index (χ4n) is 16.5. The normalized spacial score (nSPS) is 28.3. The van der Waals surface area contributed by atoms with Crippen molar-refractivity contribution in [3.8, 4) is 0 Å². The Balaban J connectivity index is 1.17. The second-order valence-electron chi connectivity index (χ2n) is 30.8. The summed E-state index contributed by atoms with van der Waals surface area (Å²) in [5.41, 5.74) is -2.35. The molecule has 0 aromatic heterocycles. The van der Waals surface area contributed by atoms with Crippen molar-refractivity contribution in [3.05, 3.63) is 34.3 Å². The van der Waals surface area contributed by atoms with Gasteiger partial charge in [-0.2, -0.15) is 13.2 Å². The maximum Gasteiger partial charge on any atom is 0.417 e. The molecule has 3 aliphatic carbocycles. The summed E-state index contributed by atoms with van der Waals surface area (Å²) in [5, 5.41) is 8.15. The number of hydrogen-bond donors (Lipinski definition) is 3. The minimum atomic E-state index is -4.76. The number of benzene rings is 1. The SMILES string of the molecule is CC(C)C[C@H]1C(=O)N[C@@H](C(C)C)C(=O)N(C)CC(=O)N(C)CC(=O)N(C)[C@@H](CC2CCCCC2)C(=O)N(C)CC(=O)N[C@@H](CCc2ccc(C(F)(F)F)c(Cl)c2)C(=O)N2CCC[C@H]2C(=O)NC2(CCCC2)C(=O)N(C)[C@@H](C2CCCCC2)C(=O)N(C)[C@H](C(=O)N2C3CCC2COC3)CC(=O)N1C.